The van der Waals surface area contributed by atoms with E-state index in [4.69, 9.17) is 0 Å². The predicted octanol–water partition coefficient (Wildman–Crippen LogP) is 3.62. The second-order valence-corrected chi connectivity index (χ2v) is 3.13. The number of halogens is 5. The van der Waals surface area contributed by atoms with Crippen LogP contribution in [0.2, 0.25) is 0 Å². The zero-order chi connectivity index (χ0) is 9.99. The fraction of sp³-hybridized carbons (Fsp3) is 1.00. The highest BCUT2D eigenvalue weighted by molar-refractivity contribution is 4.75. The second kappa shape index (κ2) is 3.58. The fourth-order valence-corrected chi connectivity index (χ4v) is 0.612. The first-order valence-electron chi connectivity index (χ1n) is 3.61. The molecule has 0 N–H and O–H groups in total. The Morgan fingerprint density at radius 1 is 1.00 bits per heavy atom. The topological polar surface area (TPSA) is 0 Å². The molecule has 0 radical (unpaired) electrons. The van der Waals surface area contributed by atoms with Crippen molar-refractivity contribution >= 4 is 0 Å². The van der Waals surface area contributed by atoms with Crippen LogP contribution in [0.4, 0.5) is 22.0 Å². The van der Waals surface area contributed by atoms with Crippen molar-refractivity contribution in [2.24, 2.45) is 5.92 Å². The summed E-state index contributed by atoms with van der Waals surface area (Å²) in [6.07, 6.45) is -6.64. The van der Waals surface area contributed by atoms with Crippen LogP contribution in [0.3, 0.4) is 0 Å². The Hall–Kier alpha value is -0.350. The maximum atomic E-state index is 12.2. The molecule has 0 heterocycles. The minimum atomic E-state index is -5.40. The van der Waals surface area contributed by atoms with E-state index >= 15 is 0 Å². The minimum Gasteiger partial charge on any atom is -0.196 e. The Kier molecular flexibility index (Phi) is 3.47. The molecule has 0 aliphatic heterocycles. The van der Waals surface area contributed by atoms with Crippen molar-refractivity contribution in [3.8, 4) is 0 Å². The molecule has 0 rings (SSSR count). The molecular weight excluding hydrogens is 179 g/mol. The van der Waals surface area contributed by atoms with Crippen molar-refractivity contribution in [2.75, 3.05) is 0 Å². The highest BCUT2D eigenvalue weighted by Crippen LogP contribution is 2.39. The lowest BCUT2D eigenvalue weighted by atomic mass is 10.0. The van der Waals surface area contributed by atoms with Crippen molar-refractivity contribution in [3.05, 3.63) is 0 Å². The van der Waals surface area contributed by atoms with Crippen LogP contribution in [-0.4, -0.2) is 12.1 Å². The van der Waals surface area contributed by atoms with E-state index < -0.39 is 18.5 Å². The van der Waals surface area contributed by atoms with Crippen LogP contribution in [-0.2, 0) is 0 Å². The van der Waals surface area contributed by atoms with Gasteiger partial charge in [-0.15, -0.1) is 0 Å². The zero-order valence-corrected chi connectivity index (χ0v) is 6.88. The molecule has 0 nitrogen and oxygen atoms in total. The third kappa shape index (κ3) is 3.36. The van der Waals surface area contributed by atoms with Crippen LogP contribution in [0.5, 0.6) is 0 Å². The van der Waals surface area contributed by atoms with Crippen LogP contribution < -0.4 is 0 Å². The molecular formula is C7H11F5. The van der Waals surface area contributed by atoms with Gasteiger partial charge >= 0.3 is 12.1 Å². The van der Waals surface area contributed by atoms with E-state index in [1.165, 1.54) is 0 Å². The van der Waals surface area contributed by atoms with Gasteiger partial charge in [-0.3, -0.25) is 0 Å². The van der Waals surface area contributed by atoms with Crippen molar-refractivity contribution in [3.63, 3.8) is 0 Å². The molecule has 0 aromatic carbocycles. The minimum absolute atomic E-state index is 0.119. The lowest BCUT2D eigenvalue weighted by Crippen LogP contribution is -2.36. The van der Waals surface area contributed by atoms with Crippen LogP contribution in [0.25, 0.3) is 0 Å². The predicted molar refractivity (Wildman–Crippen MR) is 35.1 cm³/mol. The van der Waals surface area contributed by atoms with Crippen LogP contribution in [0.15, 0.2) is 0 Å². The van der Waals surface area contributed by atoms with Crippen molar-refractivity contribution in [1.82, 2.24) is 0 Å². The van der Waals surface area contributed by atoms with E-state index in [2.05, 4.69) is 0 Å². The molecule has 0 unspecified atom stereocenters. The molecule has 74 valence electrons. The van der Waals surface area contributed by atoms with Gasteiger partial charge in [0.25, 0.3) is 0 Å². The fourth-order valence-electron chi connectivity index (χ4n) is 0.612. The van der Waals surface area contributed by atoms with E-state index in [1.54, 1.807) is 13.8 Å². The molecule has 12 heavy (non-hydrogen) atoms. The second-order valence-electron chi connectivity index (χ2n) is 3.13. The number of rotatable bonds is 3. The molecule has 0 saturated heterocycles. The molecule has 0 aliphatic carbocycles. The maximum Gasteiger partial charge on any atom is 0.453 e. The molecule has 0 amide bonds. The zero-order valence-electron chi connectivity index (χ0n) is 6.88. The normalized spacial score (nSPS) is 14.0. The third-order valence-corrected chi connectivity index (χ3v) is 1.45. The lowest BCUT2D eigenvalue weighted by Gasteiger charge is -2.19. The summed E-state index contributed by atoms with van der Waals surface area (Å²) in [6.45, 7) is 3.21. The van der Waals surface area contributed by atoms with Gasteiger partial charge in [-0.05, 0) is 12.3 Å². The van der Waals surface area contributed by atoms with Gasteiger partial charge in [-0.2, -0.15) is 22.0 Å². The highest BCUT2D eigenvalue weighted by Gasteiger charge is 2.56. The maximum absolute atomic E-state index is 12.2. The summed E-state index contributed by atoms with van der Waals surface area (Å²) in [7, 11) is 0. The average molecular weight is 190 g/mol. The average Bonchev–Trinajstić information content (AvgIpc) is 1.81. The molecule has 0 saturated carbocycles. The van der Waals surface area contributed by atoms with Gasteiger partial charge in [0, 0.05) is 6.42 Å². The Morgan fingerprint density at radius 3 is 1.67 bits per heavy atom. The molecule has 0 aliphatic rings. The SMILES string of the molecule is CC(C)CCC(F)(F)C(F)(F)F. The van der Waals surface area contributed by atoms with Gasteiger partial charge in [0.2, 0.25) is 0 Å². The molecule has 0 aromatic rings. The Morgan fingerprint density at radius 2 is 1.42 bits per heavy atom. The Balaban J connectivity index is 4.05. The summed E-state index contributed by atoms with van der Waals surface area (Å²) in [5, 5.41) is 0. The van der Waals surface area contributed by atoms with Gasteiger partial charge in [0.15, 0.2) is 0 Å². The Labute approximate surface area is 67.8 Å². The van der Waals surface area contributed by atoms with Crippen molar-refractivity contribution in [2.45, 2.75) is 38.8 Å². The molecule has 5 heteroatoms. The molecule has 0 atom stereocenters. The van der Waals surface area contributed by atoms with Gasteiger partial charge in [-0.1, -0.05) is 13.8 Å². The van der Waals surface area contributed by atoms with E-state index in [0.717, 1.165) is 0 Å². The summed E-state index contributed by atoms with van der Waals surface area (Å²) in [5.74, 6) is -4.67. The quantitative estimate of drug-likeness (QED) is 0.596. The third-order valence-electron chi connectivity index (χ3n) is 1.45. The molecule has 0 aromatic heterocycles. The van der Waals surface area contributed by atoms with E-state index in [-0.39, 0.29) is 12.3 Å². The highest BCUT2D eigenvalue weighted by atomic mass is 19.4. The van der Waals surface area contributed by atoms with E-state index in [1.807, 2.05) is 0 Å². The summed E-state index contributed by atoms with van der Waals surface area (Å²) < 4.78 is 58.9. The van der Waals surface area contributed by atoms with Crippen LogP contribution >= 0.6 is 0 Å². The number of hydrogen-bond donors (Lipinski definition) is 0. The lowest BCUT2D eigenvalue weighted by molar-refractivity contribution is -0.285. The number of hydrogen-bond acceptors (Lipinski definition) is 0. The van der Waals surface area contributed by atoms with E-state index in [0.29, 0.717) is 0 Å². The Bertz CT molecular complexity index is 135. The standard InChI is InChI=1S/C7H11F5/c1-5(2)3-4-6(8,9)7(10,11)12/h5H,3-4H2,1-2H3. The summed E-state index contributed by atoms with van der Waals surface area (Å²) >= 11 is 0. The first kappa shape index (κ1) is 11.6. The van der Waals surface area contributed by atoms with E-state index in [9.17, 15) is 22.0 Å². The van der Waals surface area contributed by atoms with Crippen LogP contribution in [0, 0.1) is 5.92 Å². The van der Waals surface area contributed by atoms with Gasteiger partial charge < -0.3 is 0 Å². The number of alkyl halides is 5. The molecule has 0 bridgehead atoms. The summed E-state index contributed by atoms with van der Waals surface area (Å²) in [4.78, 5) is 0. The molecule has 0 spiro atoms. The van der Waals surface area contributed by atoms with Crippen LogP contribution in [0.1, 0.15) is 26.7 Å². The van der Waals surface area contributed by atoms with Crippen molar-refractivity contribution in [1.29, 1.82) is 0 Å². The van der Waals surface area contributed by atoms with Gasteiger partial charge in [-0.25, -0.2) is 0 Å². The first-order valence-corrected chi connectivity index (χ1v) is 3.61. The largest absolute Gasteiger partial charge is 0.453 e. The van der Waals surface area contributed by atoms with Crippen molar-refractivity contribution < 1.29 is 22.0 Å². The smallest absolute Gasteiger partial charge is 0.196 e. The van der Waals surface area contributed by atoms with Gasteiger partial charge in [0.1, 0.15) is 0 Å². The monoisotopic (exact) mass is 190 g/mol. The first-order chi connectivity index (χ1) is 5.17. The van der Waals surface area contributed by atoms with Gasteiger partial charge in [0.05, 0.1) is 0 Å². The summed E-state index contributed by atoms with van der Waals surface area (Å²) in [5.41, 5.74) is 0. The molecule has 0 fully saturated rings. The summed E-state index contributed by atoms with van der Waals surface area (Å²) in [6, 6.07) is 0.